The van der Waals surface area contributed by atoms with Gasteiger partial charge < -0.3 is 19.7 Å². The number of carbonyl (C=O) groups is 2. The number of nitrogens with zero attached hydrogens (tertiary/aromatic N) is 1. The van der Waals surface area contributed by atoms with Crippen molar-refractivity contribution in [2.45, 2.75) is 25.8 Å². The molecule has 2 heterocycles. The van der Waals surface area contributed by atoms with Crippen molar-refractivity contribution in [1.29, 1.82) is 0 Å². The standard InChI is InChI=1S/C22H24N2O4/c1-15(16-6-3-2-4-7-16)24-14-17(12-21(24)25)22(26)23-18-8-9-19-20(13-18)28-11-5-10-27-19/h2-4,6-9,13,15,17H,5,10-12,14H2,1H3,(H,23,26). The third-order valence-corrected chi connectivity index (χ3v) is 5.29. The minimum absolute atomic E-state index is 0.00941. The first-order chi connectivity index (χ1) is 13.6. The Balaban J connectivity index is 1.42. The molecule has 2 aliphatic heterocycles. The Morgan fingerprint density at radius 3 is 2.64 bits per heavy atom. The van der Waals surface area contributed by atoms with E-state index in [0.29, 0.717) is 36.9 Å². The molecule has 1 fully saturated rings. The van der Waals surface area contributed by atoms with Crippen molar-refractivity contribution in [3.8, 4) is 11.5 Å². The molecule has 1 saturated heterocycles. The van der Waals surface area contributed by atoms with E-state index in [1.165, 1.54) is 0 Å². The number of carbonyl (C=O) groups excluding carboxylic acids is 2. The Kier molecular flexibility index (Phi) is 5.19. The monoisotopic (exact) mass is 380 g/mol. The summed E-state index contributed by atoms with van der Waals surface area (Å²) in [6.45, 7) is 3.63. The van der Waals surface area contributed by atoms with Gasteiger partial charge in [-0.05, 0) is 24.6 Å². The van der Waals surface area contributed by atoms with E-state index in [9.17, 15) is 9.59 Å². The number of nitrogens with one attached hydrogen (secondary N) is 1. The van der Waals surface area contributed by atoms with Gasteiger partial charge in [0.2, 0.25) is 11.8 Å². The number of anilines is 1. The van der Waals surface area contributed by atoms with Crippen molar-refractivity contribution in [2.75, 3.05) is 25.1 Å². The summed E-state index contributed by atoms with van der Waals surface area (Å²) >= 11 is 0. The first kappa shape index (κ1) is 18.3. The number of hydrogen-bond donors (Lipinski definition) is 1. The van der Waals surface area contributed by atoms with Gasteiger partial charge in [-0.25, -0.2) is 0 Å². The second kappa shape index (κ2) is 7.92. The van der Waals surface area contributed by atoms with Crippen molar-refractivity contribution in [3.05, 3.63) is 54.1 Å². The van der Waals surface area contributed by atoms with Gasteiger partial charge >= 0.3 is 0 Å². The molecule has 0 saturated carbocycles. The second-order valence-corrected chi connectivity index (χ2v) is 7.24. The van der Waals surface area contributed by atoms with E-state index < -0.39 is 0 Å². The van der Waals surface area contributed by atoms with Crippen LogP contribution in [0.3, 0.4) is 0 Å². The van der Waals surface area contributed by atoms with Gasteiger partial charge in [0.25, 0.3) is 0 Å². The summed E-state index contributed by atoms with van der Waals surface area (Å²) in [5.41, 5.74) is 1.72. The number of fused-ring (bicyclic) bond motifs is 1. The molecule has 2 amide bonds. The van der Waals surface area contributed by atoms with Gasteiger partial charge in [0.15, 0.2) is 11.5 Å². The van der Waals surface area contributed by atoms with Crippen LogP contribution in [0.2, 0.25) is 0 Å². The lowest BCUT2D eigenvalue weighted by molar-refractivity contribution is -0.129. The normalized spacial score (nSPS) is 19.8. The third-order valence-electron chi connectivity index (χ3n) is 5.29. The van der Waals surface area contributed by atoms with Crippen LogP contribution in [0.5, 0.6) is 11.5 Å². The molecule has 2 aromatic carbocycles. The number of ether oxygens (including phenoxy) is 2. The van der Waals surface area contributed by atoms with E-state index in [-0.39, 0.29) is 30.2 Å². The van der Waals surface area contributed by atoms with Crippen LogP contribution >= 0.6 is 0 Å². The Bertz CT molecular complexity index is 868. The first-order valence-corrected chi connectivity index (χ1v) is 9.67. The summed E-state index contributed by atoms with van der Waals surface area (Å²) in [5, 5.41) is 2.92. The lowest BCUT2D eigenvalue weighted by Crippen LogP contribution is -2.30. The predicted molar refractivity (Wildman–Crippen MR) is 105 cm³/mol. The highest BCUT2D eigenvalue weighted by Gasteiger charge is 2.37. The molecular weight excluding hydrogens is 356 g/mol. The molecule has 0 aliphatic carbocycles. The maximum absolute atomic E-state index is 12.7. The van der Waals surface area contributed by atoms with E-state index in [1.54, 1.807) is 23.1 Å². The quantitative estimate of drug-likeness (QED) is 0.883. The van der Waals surface area contributed by atoms with Crippen LogP contribution in [-0.4, -0.2) is 36.5 Å². The first-order valence-electron chi connectivity index (χ1n) is 9.67. The Morgan fingerprint density at radius 1 is 1.11 bits per heavy atom. The van der Waals surface area contributed by atoms with E-state index in [0.717, 1.165) is 12.0 Å². The molecule has 1 N–H and O–H groups in total. The molecule has 2 aliphatic rings. The zero-order valence-corrected chi connectivity index (χ0v) is 15.9. The van der Waals surface area contributed by atoms with Gasteiger partial charge in [0, 0.05) is 31.1 Å². The van der Waals surface area contributed by atoms with Crippen LogP contribution < -0.4 is 14.8 Å². The fourth-order valence-corrected chi connectivity index (χ4v) is 3.68. The number of amides is 2. The molecule has 28 heavy (non-hydrogen) atoms. The van der Waals surface area contributed by atoms with Gasteiger partial charge in [0.05, 0.1) is 25.2 Å². The maximum atomic E-state index is 12.7. The summed E-state index contributed by atoms with van der Waals surface area (Å²) in [6.07, 6.45) is 1.06. The topological polar surface area (TPSA) is 67.9 Å². The molecule has 6 nitrogen and oxygen atoms in total. The lowest BCUT2D eigenvalue weighted by Gasteiger charge is -2.25. The van der Waals surface area contributed by atoms with Crippen LogP contribution in [0, 0.1) is 5.92 Å². The van der Waals surface area contributed by atoms with Crippen molar-refractivity contribution in [3.63, 3.8) is 0 Å². The van der Waals surface area contributed by atoms with Gasteiger partial charge in [-0.3, -0.25) is 9.59 Å². The van der Waals surface area contributed by atoms with E-state index >= 15 is 0 Å². The van der Waals surface area contributed by atoms with Crippen molar-refractivity contribution < 1.29 is 19.1 Å². The fraction of sp³-hybridized carbons (Fsp3) is 0.364. The number of rotatable bonds is 4. The number of benzene rings is 2. The Morgan fingerprint density at radius 2 is 1.86 bits per heavy atom. The summed E-state index contributed by atoms with van der Waals surface area (Å²) in [4.78, 5) is 27.0. The zero-order valence-electron chi connectivity index (χ0n) is 15.9. The molecule has 2 aromatic rings. The summed E-state index contributed by atoms with van der Waals surface area (Å²) in [6, 6.07) is 15.2. The zero-order chi connectivity index (χ0) is 19.5. The fourth-order valence-electron chi connectivity index (χ4n) is 3.68. The van der Waals surface area contributed by atoms with Gasteiger partial charge in [-0.1, -0.05) is 30.3 Å². The predicted octanol–water partition coefficient (Wildman–Crippen LogP) is 3.40. The molecule has 4 rings (SSSR count). The Hall–Kier alpha value is -3.02. The second-order valence-electron chi connectivity index (χ2n) is 7.24. The van der Waals surface area contributed by atoms with Crippen LogP contribution in [0.4, 0.5) is 5.69 Å². The van der Waals surface area contributed by atoms with Crippen molar-refractivity contribution in [1.82, 2.24) is 4.90 Å². The molecule has 2 atom stereocenters. The average Bonchev–Trinajstić information content (AvgIpc) is 2.95. The average molecular weight is 380 g/mol. The van der Waals surface area contributed by atoms with Gasteiger partial charge in [-0.2, -0.15) is 0 Å². The maximum Gasteiger partial charge on any atom is 0.229 e. The molecule has 0 bridgehead atoms. The SMILES string of the molecule is CC(c1ccccc1)N1CC(C(=O)Nc2ccc3c(c2)OCCCO3)CC1=O. The summed E-state index contributed by atoms with van der Waals surface area (Å²) in [7, 11) is 0. The molecule has 0 aromatic heterocycles. The van der Waals surface area contributed by atoms with E-state index in [1.807, 2.05) is 37.3 Å². The molecular formula is C22H24N2O4. The van der Waals surface area contributed by atoms with Crippen LogP contribution in [-0.2, 0) is 9.59 Å². The third kappa shape index (κ3) is 3.81. The largest absolute Gasteiger partial charge is 0.490 e. The highest BCUT2D eigenvalue weighted by atomic mass is 16.5. The minimum atomic E-state index is -0.366. The number of hydrogen-bond acceptors (Lipinski definition) is 4. The molecule has 2 unspecified atom stereocenters. The highest BCUT2D eigenvalue weighted by Crippen LogP contribution is 2.33. The van der Waals surface area contributed by atoms with Gasteiger partial charge in [-0.15, -0.1) is 0 Å². The van der Waals surface area contributed by atoms with Gasteiger partial charge in [0.1, 0.15) is 0 Å². The highest BCUT2D eigenvalue weighted by molar-refractivity contribution is 5.97. The van der Waals surface area contributed by atoms with Crippen LogP contribution in [0.15, 0.2) is 48.5 Å². The lowest BCUT2D eigenvalue weighted by atomic mass is 10.1. The molecule has 146 valence electrons. The molecule has 0 spiro atoms. The molecule has 0 radical (unpaired) electrons. The van der Waals surface area contributed by atoms with Crippen molar-refractivity contribution >= 4 is 17.5 Å². The van der Waals surface area contributed by atoms with E-state index in [2.05, 4.69) is 5.32 Å². The minimum Gasteiger partial charge on any atom is -0.490 e. The summed E-state index contributed by atoms with van der Waals surface area (Å²) < 4.78 is 11.3. The van der Waals surface area contributed by atoms with E-state index in [4.69, 9.17) is 9.47 Å². The number of likely N-dealkylation sites (tertiary alicyclic amines) is 1. The van der Waals surface area contributed by atoms with Crippen LogP contribution in [0.25, 0.3) is 0 Å². The molecule has 6 heteroatoms. The smallest absolute Gasteiger partial charge is 0.229 e. The Labute approximate surface area is 164 Å². The van der Waals surface area contributed by atoms with Crippen LogP contribution in [0.1, 0.15) is 31.4 Å². The van der Waals surface area contributed by atoms with Crippen molar-refractivity contribution in [2.24, 2.45) is 5.92 Å². The summed E-state index contributed by atoms with van der Waals surface area (Å²) in [5.74, 6) is 0.821.